The fourth-order valence-corrected chi connectivity index (χ4v) is 5.84. The summed E-state index contributed by atoms with van der Waals surface area (Å²) in [5.41, 5.74) is -0.368. The Kier molecular flexibility index (Phi) is 5.99. The third-order valence-electron chi connectivity index (χ3n) is 7.58. The highest BCUT2D eigenvalue weighted by molar-refractivity contribution is 6.02. The number of benzene rings is 2. The number of esters is 1. The summed E-state index contributed by atoms with van der Waals surface area (Å²) in [5, 5.41) is 23.4. The topological polar surface area (TPSA) is 122 Å². The maximum Gasteiger partial charge on any atom is 0.382 e. The molecule has 1 fully saturated rings. The first-order chi connectivity index (χ1) is 17.5. The van der Waals surface area contributed by atoms with E-state index in [0.717, 1.165) is 54.5 Å². The lowest BCUT2D eigenvalue weighted by Crippen LogP contribution is -2.46. The van der Waals surface area contributed by atoms with E-state index in [1.807, 2.05) is 38.0 Å². The van der Waals surface area contributed by atoms with Crippen molar-refractivity contribution in [1.29, 1.82) is 0 Å². The Morgan fingerprint density at radius 3 is 2.65 bits per heavy atom. The van der Waals surface area contributed by atoms with E-state index in [1.165, 1.54) is 0 Å². The highest BCUT2D eigenvalue weighted by atomic mass is 16.6. The molecule has 5 rings (SSSR count). The Labute approximate surface area is 215 Å². The van der Waals surface area contributed by atoms with E-state index in [1.54, 1.807) is 18.2 Å². The normalized spacial score (nSPS) is 18.6. The van der Waals surface area contributed by atoms with E-state index < -0.39 is 28.5 Å². The molecule has 8 nitrogen and oxygen atoms in total. The van der Waals surface area contributed by atoms with Crippen molar-refractivity contribution in [3.05, 3.63) is 58.7 Å². The Hall–Kier alpha value is -3.83. The molecule has 1 spiro atoms. The lowest BCUT2D eigenvalue weighted by molar-refractivity contribution is -0.130. The number of anilines is 1. The molecule has 3 aliphatic rings. The summed E-state index contributed by atoms with van der Waals surface area (Å²) in [5.74, 6) is 2.26. The predicted octanol–water partition coefficient (Wildman–Crippen LogP) is 3.69. The predicted molar refractivity (Wildman–Crippen MR) is 134 cm³/mol. The van der Waals surface area contributed by atoms with Gasteiger partial charge >= 0.3 is 11.9 Å². The standard InChI is InChI=1S/C29H29NO7/c1-27(2,21-7-5-6-18-11-15-36-24(18)21)17-28(35,14-10-23(31)32)26(34)30-19-8-9-20-22(16-19)29(37-25(20)33)12-3-4-13-29/h5-9,16,35H,3-4,11-13,15,17H2,1-2H3,(H,30,34)(H,31,32). The van der Waals surface area contributed by atoms with E-state index in [4.69, 9.17) is 14.6 Å². The number of carbonyl (C=O) groups is 3. The van der Waals surface area contributed by atoms with Crippen LogP contribution in [0.4, 0.5) is 5.69 Å². The van der Waals surface area contributed by atoms with Crippen LogP contribution in [-0.4, -0.2) is 40.3 Å². The van der Waals surface area contributed by atoms with Gasteiger partial charge in [0, 0.05) is 35.6 Å². The molecule has 2 heterocycles. The SMILES string of the molecule is CC(C)(CC(O)(C#CC(=O)O)C(=O)Nc1ccc2c(c1)C1(CCCC1)OC2=O)c1cccc2c1OCC2. The summed E-state index contributed by atoms with van der Waals surface area (Å²) < 4.78 is 11.6. The monoisotopic (exact) mass is 503 g/mol. The number of ether oxygens (including phenoxy) is 2. The van der Waals surface area contributed by atoms with Crippen LogP contribution in [0.15, 0.2) is 36.4 Å². The van der Waals surface area contributed by atoms with Gasteiger partial charge in [0.15, 0.2) is 0 Å². The molecule has 8 heteroatoms. The number of aliphatic carboxylic acids is 1. The first-order valence-corrected chi connectivity index (χ1v) is 12.5. The number of aliphatic hydroxyl groups is 1. The van der Waals surface area contributed by atoms with Crippen molar-refractivity contribution in [2.75, 3.05) is 11.9 Å². The summed E-state index contributed by atoms with van der Waals surface area (Å²) in [4.78, 5) is 37.1. The zero-order chi connectivity index (χ0) is 26.4. The van der Waals surface area contributed by atoms with Gasteiger partial charge in [-0.25, -0.2) is 9.59 Å². The van der Waals surface area contributed by atoms with Crippen LogP contribution < -0.4 is 10.1 Å². The van der Waals surface area contributed by atoms with E-state index >= 15 is 0 Å². The van der Waals surface area contributed by atoms with Crippen molar-refractivity contribution >= 4 is 23.5 Å². The van der Waals surface area contributed by atoms with Crippen molar-refractivity contribution < 1.29 is 34.1 Å². The fraction of sp³-hybridized carbons (Fsp3) is 0.414. The van der Waals surface area contributed by atoms with Crippen LogP contribution in [0.1, 0.15) is 73.0 Å². The van der Waals surface area contributed by atoms with Crippen LogP contribution >= 0.6 is 0 Å². The number of hydrogen-bond donors (Lipinski definition) is 3. The van der Waals surface area contributed by atoms with E-state index in [9.17, 15) is 19.5 Å². The maximum atomic E-state index is 13.5. The van der Waals surface area contributed by atoms with Gasteiger partial charge in [-0.05, 0) is 60.8 Å². The fourth-order valence-electron chi connectivity index (χ4n) is 5.84. The van der Waals surface area contributed by atoms with Gasteiger partial charge in [-0.3, -0.25) is 4.79 Å². The molecular weight excluding hydrogens is 474 g/mol. The molecule has 1 atom stereocenters. The van der Waals surface area contributed by atoms with Crippen LogP contribution in [0.2, 0.25) is 0 Å². The highest BCUT2D eigenvalue weighted by Gasteiger charge is 2.48. The molecule has 2 aliphatic heterocycles. The van der Waals surface area contributed by atoms with Crippen LogP contribution in [0.25, 0.3) is 0 Å². The second-order valence-electron chi connectivity index (χ2n) is 10.7. The third kappa shape index (κ3) is 4.44. The summed E-state index contributed by atoms with van der Waals surface area (Å²) in [6, 6.07) is 10.6. The summed E-state index contributed by atoms with van der Waals surface area (Å²) in [7, 11) is 0. The molecular formula is C29H29NO7. The Balaban J connectivity index is 1.46. The lowest BCUT2D eigenvalue weighted by atomic mass is 9.74. The van der Waals surface area contributed by atoms with Crippen molar-refractivity contribution in [2.45, 2.75) is 69.0 Å². The van der Waals surface area contributed by atoms with Crippen molar-refractivity contribution in [1.82, 2.24) is 0 Å². The quantitative estimate of drug-likeness (QED) is 0.420. The number of fused-ring (bicyclic) bond motifs is 3. The van der Waals surface area contributed by atoms with Crippen LogP contribution in [-0.2, 0) is 31.8 Å². The van der Waals surface area contributed by atoms with E-state index in [0.29, 0.717) is 17.9 Å². The molecule has 0 saturated heterocycles. The molecule has 1 aliphatic carbocycles. The second kappa shape index (κ2) is 8.93. The van der Waals surface area contributed by atoms with Crippen LogP contribution in [0.5, 0.6) is 5.75 Å². The number of para-hydroxylation sites is 1. The molecule has 0 aromatic heterocycles. The first-order valence-electron chi connectivity index (χ1n) is 12.5. The zero-order valence-electron chi connectivity index (χ0n) is 20.8. The number of carbonyl (C=O) groups excluding carboxylic acids is 2. The smallest absolute Gasteiger partial charge is 0.382 e. The molecule has 3 N–H and O–H groups in total. The highest BCUT2D eigenvalue weighted by Crippen LogP contribution is 2.49. The van der Waals surface area contributed by atoms with Crippen molar-refractivity contribution in [2.24, 2.45) is 0 Å². The minimum absolute atomic E-state index is 0.178. The van der Waals surface area contributed by atoms with Gasteiger partial charge < -0.3 is 25.0 Å². The molecule has 37 heavy (non-hydrogen) atoms. The average Bonchev–Trinajstić information content (AvgIpc) is 3.57. The maximum absolute atomic E-state index is 13.5. The van der Waals surface area contributed by atoms with Gasteiger partial charge in [0.2, 0.25) is 5.60 Å². The van der Waals surface area contributed by atoms with E-state index in [2.05, 4.69) is 11.2 Å². The number of carboxylic acid groups (broad SMARTS) is 1. The van der Waals surface area contributed by atoms with Gasteiger partial charge in [0.05, 0.1) is 12.2 Å². The molecule has 192 valence electrons. The van der Waals surface area contributed by atoms with Crippen LogP contribution in [0.3, 0.4) is 0 Å². The summed E-state index contributed by atoms with van der Waals surface area (Å²) in [6.07, 6.45) is 3.91. The minimum atomic E-state index is -2.32. The van der Waals surface area contributed by atoms with Gasteiger partial charge in [-0.1, -0.05) is 32.0 Å². The zero-order valence-corrected chi connectivity index (χ0v) is 20.8. The molecule has 1 amide bonds. The third-order valence-corrected chi connectivity index (χ3v) is 7.58. The number of nitrogens with one attached hydrogen (secondary N) is 1. The number of carboxylic acids is 1. The van der Waals surface area contributed by atoms with Crippen molar-refractivity contribution in [3.8, 4) is 17.6 Å². The van der Waals surface area contributed by atoms with Gasteiger partial charge in [0.1, 0.15) is 11.4 Å². The Bertz CT molecular complexity index is 1360. The van der Waals surface area contributed by atoms with Gasteiger partial charge in [-0.2, -0.15) is 0 Å². The first kappa shape index (κ1) is 24.8. The Morgan fingerprint density at radius 1 is 1.16 bits per heavy atom. The molecule has 2 aromatic carbocycles. The molecule has 1 unspecified atom stereocenters. The van der Waals surface area contributed by atoms with Crippen LogP contribution in [0, 0.1) is 11.8 Å². The molecule has 2 aromatic rings. The molecule has 0 bridgehead atoms. The average molecular weight is 504 g/mol. The largest absolute Gasteiger partial charge is 0.493 e. The second-order valence-corrected chi connectivity index (χ2v) is 10.7. The summed E-state index contributed by atoms with van der Waals surface area (Å²) in [6.45, 7) is 4.26. The van der Waals surface area contributed by atoms with Gasteiger partial charge in [-0.15, -0.1) is 0 Å². The van der Waals surface area contributed by atoms with E-state index in [-0.39, 0.29) is 12.4 Å². The summed E-state index contributed by atoms with van der Waals surface area (Å²) >= 11 is 0. The number of amides is 1. The van der Waals surface area contributed by atoms with Gasteiger partial charge in [0.25, 0.3) is 5.91 Å². The molecule has 0 radical (unpaired) electrons. The Morgan fingerprint density at radius 2 is 1.92 bits per heavy atom. The van der Waals surface area contributed by atoms with Crippen molar-refractivity contribution in [3.63, 3.8) is 0 Å². The number of rotatable bonds is 5. The molecule has 1 saturated carbocycles. The minimum Gasteiger partial charge on any atom is -0.493 e. The lowest BCUT2D eigenvalue weighted by Gasteiger charge is -2.33. The number of hydrogen-bond acceptors (Lipinski definition) is 6.